The predicted octanol–water partition coefficient (Wildman–Crippen LogP) is 2.87. The monoisotopic (exact) mass is 354 g/mol. The van der Waals surface area contributed by atoms with Gasteiger partial charge in [0.1, 0.15) is 11.6 Å². The number of rotatable bonds is 8. The number of aromatic nitrogens is 2. The van der Waals surface area contributed by atoms with Crippen LogP contribution in [0.25, 0.3) is 0 Å². The number of ether oxygens (including phenoxy) is 1. The van der Waals surface area contributed by atoms with Crippen LogP contribution in [0, 0.1) is 5.92 Å². The van der Waals surface area contributed by atoms with Gasteiger partial charge in [0, 0.05) is 25.5 Å². The first-order valence-corrected chi connectivity index (χ1v) is 9.52. The topological polar surface area (TPSA) is 41.5 Å². The summed E-state index contributed by atoms with van der Waals surface area (Å²) < 4.78 is 5.22. The molecule has 0 spiro atoms. The lowest BCUT2D eigenvalue weighted by Gasteiger charge is -2.33. The molecule has 0 unspecified atom stereocenters. The van der Waals surface area contributed by atoms with Gasteiger partial charge in [0.25, 0.3) is 0 Å². The summed E-state index contributed by atoms with van der Waals surface area (Å²) >= 11 is 0. The van der Waals surface area contributed by atoms with Gasteiger partial charge in [-0.15, -0.1) is 0 Å². The van der Waals surface area contributed by atoms with Crippen LogP contribution in [0.15, 0.2) is 42.7 Å². The highest BCUT2D eigenvalue weighted by Crippen LogP contribution is 2.19. The molecule has 2 heterocycles. The van der Waals surface area contributed by atoms with Crippen LogP contribution in [0.3, 0.4) is 0 Å². The highest BCUT2D eigenvalue weighted by Gasteiger charge is 2.20. The summed E-state index contributed by atoms with van der Waals surface area (Å²) in [6.45, 7) is 5.52. The average molecular weight is 354 g/mol. The first-order valence-electron chi connectivity index (χ1n) is 9.52. The third-order valence-electron chi connectivity index (χ3n) is 5.18. The molecule has 140 valence electrons. The van der Waals surface area contributed by atoms with Crippen molar-refractivity contribution in [1.29, 1.82) is 0 Å². The molecule has 0 amide bonds. The minimum absolute atomic E-state index is 0.779. The number of likely N-dealkylation sites (tertiary alicyclic amines) is 1. The van der Waals surface area contributed by atoms with Crippen molar-refractivity contribution in [2.75, 3.05) is 40.3 Å². The molecule has 1 fully saturated rings. The van der Waals surface area contributed by atoms with Crippen LogP contribution in [-0.4, -0.2) is 60.1 Å². The van der Waals surface area contributed by atoms with E-state index >= 15 is 0 Å². The van der Waals surface area contributed by atoms with Gasteiger partial charge in [-0.3, -0.25) is 4.90 Å². The van der Waals surface area contributed by atoms with E-state index in [1.807, 2.05) is 30.6 Å². The summed E-state index contributed by atoms with van der Waals surface area (Å²) in [6.07, 6.45) is 7.31. The number of benzene rings is 1. The van der Waals surface area contributed by atoms with Crippen molar-refractivity contribution in [3.8, 4) is 5.75 Å². The average Bonchev–Trinajstić information content (AvgIpc) is 2.68. The lowest BCUT2D eigenvalue weighted by molar-refractivity contribution is 0.152. The normalized spacial score (nSPS) is 16.1. The van der Waals surface area contributed by atoms with Crippen molar-refractivity contribution in [3.63, 3.8) is 0 Å². The van der Waals surface area contributed by atoms with Gasteiger partial charge in [0.15, 0.2) is 0 Å². The van der Waals surface area contributed by atoms with E-state index in [1.54, 1.807) is 7.11 Å². The molecule has 1 saturated heterocycles. The first-order chi connectivity index (χ1) is 12.7. The molecule has 0 radical (unpaired) electrons. The maximum absolute atomic E-state index is 5.22. The van der Waals surface area contributed by atoms with Gasteiger partial charge in [0.05, 0.1) is 13.7 Å². The molecule has 0 saturated carbocycles. The standard InChI is InChI=1S/C21H30N4O/c1-24(17-21-22-11-3-12-23-21)16-19-9-14-25(15-10-19)13-8-18-4-6-20(26-2)7-5-18/h3-7,11-12,19H,8-10,13-17H2,1-2H3. The van der Waals surface area contributed by atoms with Crippen LogP contribution in [0.1, 0.15) is 24.2 Å². The zero-order chi connectivity index (χ0) is 18.2. The van der Waals surface area contributed by atoms with Crippen molar-refractivity contribution in [2.24, 2.45) is 5.92 Å². The summed E-state index contributed by atoms with van der Waals surface area (Å²) in [5.74, 6) is 2.62. The predicted molar refractivity (Wildman–Crippen MR) is 104 cm³/mol. The van der Waals surface area contributed by atoms with Crippen molar-refractivity contribution in [3.05, 3.63) is 54.1 Å². The van der Waals surface area contributed by atoms with E-state index < -0.39 is 0 Å². The maximum atomic E-state index is 5.22. The minimum atomic E-state index is 0.779. The first kappa shape index (κ1) is 18.8. The van der Waals surface area contributed by atoms with E-state index in [0.29, 0.717) is 0 Å². The van der Waals surface area contributed by atoms with Crippen LogP contribution in [0.4, 0.5) is 0 Å². The Balaban J connectivity index is 1.35. The van der Waals surface area contributed by atoms with Crippen LogP contribution in [0.2, 0.25) is 0 Å². The third-order valence-corrected chi connectivity index (χ3v) is 5.18. The largest absolute Gasteiger partial charge is 0.497 e. The molecule has 1 aliphatic heterocycles. The number of piperidine rings is 1. The Hall–Kier alpha value is -1.98. The summed E-state index contributed by atoms with van der Waals surface area (Å²) in [4.78, 5) is 13.6. The molecule has 1 aromatic heterocycles. The number of nitrogens with zero attached hydrogens (tertiary/aromatic N) is 4. The molecule has 3 rings (SSSR count). The summed E-state index contributed by atoms with van der Waals surface area (Å²) in [7, 11) is 3.88. The molecule has 26 heavy (non-hydrogen) atoms. The van der Waals surface area contributed by atoms with Crippen molar-refractivity contribution in [1.82, 2.24) is 19.8 Å². The molecule has 0 atom stereocenters. The lowest BCUT2D eigenvalue weighted by Crippen LogP contribution is -2.38. The molecule has 5 heteroatoms. The van der Waals surface area contributed by atoms with E-state index in [9.17, 15) is 0 Å². The van der Waals surface area contributed by atoms with Gasteiger partial charge in [-0.1, -0.05) is 12.1 Å². The van der Waals surface area contributed by atoms with Gasteiger partial charge in [-0.2, -0.15) is 0 Å². The molecule has 0 N–H and O–H groups in total. The second-order valence-corrected chi connectivity index (χ2v) is 7.24. The van der Waals surface area contributed by atoms with Gasteiger partial charge in [-0.25, -0.2) is 9.97 Å². The second-order valence-electron chi connectivity index (χ2n) is 7.24. The van der Waals surface area contributed by atoms with Crippen molar-refractivity contribution < 1.29 is 4.74 Å². The zero-order valence-electron chi connectivity index (χ0n) is 16.0. The molecule has 1 aromatic carbocycles. The molecular weight excluding hydrogens is 324 g/mol. The molecule has 5 nitrogen and oxygen atoms in total. The Morgan fingerprint density at radius 3 is 2.46 bits per heavy atom. The van der Waals surface area contributed by atoms with Crippen LogP contribution in [-0.2, 0) is 13.0 Å². The second kappa shape index (κ2) is 9.64. The molecule has 1 aliphatic rings. The Labute approximate surface area is 157 Å². The molecule has 0 aliphatic carbocycles. The number of hydrogen-bond donors (Lipinski definition) is 0. The van der Waals surface area contributed by atoms with Gasteiger partial charge >= 0.3 is 0 Å². The van der Waals surface area contributed by atoms with E-state index in [4.69, 9.17) is 4.74 Å². The van der Waals surface area contributed by atoms with E-state index in [-0.39, 0.29) is 0 Å². The highest BCUT2D eigenvalue weighted by molar-refractivity contribution is 5.27. The fourth-order valence-electron chi connectivity index (χ4n) is 3.63. The Kier molecular flexibility index (Phi) is 6.97. The Bertz CT molecular complexity index is 639. The van der Waals surface area contributed by atoms with Crippen LogP contribution in [0.5, 0.6) is 5.75 Å². The summed E-state index contributed by atoms with van der Waals surface area (Å²) in [5.41, 5.74) is 1.38. The summed E-state index contributed by atoms with van der Waals surface area (Å²) in [5, 5.41) is 0. The molecule has 2 aromatic rings. The zero-order valence-corrected chi connectivity index (χ0v) is 16.0. The smallest absolute Gasteiger partial charge is 0.142 e. The van der Waals surface area contributed by atoms with Crippen molar-refractivity contribution >= 4 is 0 Å². The molecule has 0 bridgehead atoms. The van der Waals surface area contributed by atoms with E-state index in [0.717, 1.165) is 43.5 Å². The Morgan fingerprint density at radius 2 is 1.81 bits per heavy atom. The quantitative estimate of drug-likeness (QED) is 0.729. The van der Waals surface area contributed by atoms with Gasteiger partial charge < -0.3 is 9.64 Å². The highest BCUT2D eigenvalue weighted by atomic mass is 16.5. The van der Waals surface area contributed by atoms with E-state index in [2.05, 4.69) is 38.9 Å². The summed E-state index contributed by atoms with van der Waals surface area (Å²) in [6, 6.07) is 10.3. The number of hydrogen-bond acceptors (Lipinski definition) is 5. The lowest BCUT2D eigenvalue weighted by atomic mass is 9.96. The van der Waals surface area contributed by atoms with Crippen LogP contribution >= 0.6 is 0 Å². The fourth-order valence-corrected chi connectivity index (χ4v) is 3.63. The van der Waals surface area contributed by atoms with Crippen LogP contribution < -0.4 is 4.74 Å². The van der Waals surface area contributed by atoms with Gasteiger partial charge in [0.2, 0.25) is 0 Å². The number of methoxy groups -OCH3 is 1. The van der Waals surface area contributed by atoms with E-state index in [1.165, 1.54) is 31.5 Å². The molecular formula is C21H30N4O. The van der Waals surface area contributed by atoms with Gasteiger partial charge in [-0.05, 0) is 69.1 Å². The Morgan fingerprint density at radius 1 is 1.12 bits per heavy atom. The fraction of sp³-hybridized carbons (Fsp3) is 0.524. The minimum Gasteiger partial charge on any atom is -0.497 e. The SMILES string of the molecule is COc1ccc(CCN2CCC(CN(C)Cc3ncccn3)CC2)cc1. The third kappa shape index (κ3) is 5.78. The maximum Gasteiger partial charge on any atom is 0.142 e. The van der Waals surface area contributed by atoms with Crippen molar-refractivity contribution in [2.45, 2.75) is 25.8 Å².